The zero-order valence-corrected chi connectivity index (χ0v) is 10.2. The van der Waals surface area contributed by atoms with Crippen LogP contribution in [0.3, 0.4) is 0 Å². The van der Waals surface area contributed by atoms with Gasteiger partial charge in [-0.15, -0.1) is 0 Å². The van der Waals surface area contributed by atoms with E-state index in [1.54, 1.807) is 19.3 Å². The summed E-state index contributed by atoms with van der Waals surface area (Å²) in [7, 11) is 0. The number of likely N-dealkylation sites (tertiary alicyclic amines) is 1. The summed E-state index contributed by atoms with van der Waals surface area (Å²) in [6, 6.07) is 0. The summed E-state index contributed by atoms with van der Waals surface area (Å²) in [5.74, 6) is 1.14. The molecule has 0 atom stereocenters. The molecule has 0 N–H and O–H groups in total. The molecule has 1 aromatic heterocycles. The molecule has 90 valence electrons. The summed E-state index contributed by atoms with van der Waals surface area (Å²) in [5.41, 5.74) is 1.28. The lowest BCUT2D eigenvalue weighted by molar-refractivity contribution is -0.142. The van der Waals surface area contributed by atoms with Gasteiger partial charge in [0.2, 0.25) is 5.91 Å². The Morgan fingerprint density at radius 3 is 2.59 bits per heavy atom. The predicted molar refractivity (Wildman–Crippen MR) is 63.7 cm³/mol. The van der Waals surface area contributed by atoms with Crippen LogP contribution in [-0.4, -0.2) is 47.0 Å². The molecule has 0 radical (unpaired) electrons. The van der Waals surface area contributed by atoms with Crippen molar-refractivity contribution in [1.82, 2.24) is 14.9 Å². The van der Waals surface area contributed by atoms with Gasteiger partial charge >= 0.3 is 0 Å². The SMILES string of the molecule is CC(=O)N1CC2(C1)CN(c1cncc(C)n1)C2. The average molecular weight is 232 g/mol. The zero-order chi connectivity index (χ0) is 12.0. The van der Waals surface area contributed by atoms with E-state index in [9.17, 15) is 4.79 Å². The van der Waals surface area contributed by atoms with Gasteiger partial charge in [-0.25, -0.2) is 4.98 Å². The lowest BCUT2D eigenvalue weighted by Gasteiger charge is -2.60. The van der Waals surface area contributed by atoms with Crippen LogP contribution in [0.2, 0.25) is 0 Å². The fourth-order valence-corrected chi connectivity index (χ4v) is 2.71. The van der Waals surface area contributed by atoms with Crippen molar-refractivity contribution in [1.29, 1.82) is 0 Å². The van der Waals surface area contributed by atoms with Crippen LogP contribution in [0.1, 0.15) is 12.6 Å². The molecule has 1 aromatic rings. The first-order valence-electron chi connectivity index (χ1n) is 5.87. The summed E-state index contributed by atoms with van der Waals surface area (Å²) in [5, 5.41) is 0. The van der Waals surface area contributed by atoms with E-state index in [2.05, 4.69) is 14.9 Å². The summed E-state index contributed by atoms with van der Waals surface area (Å²) in [6.45, 7) is 7.38. The molecule has 0 saturated carbocycles. The first-order chi connectivity index (χ1) is 8.08. The Morgan fingerprint density at radius 1 is 1.29 bits per heavy atom. The van der Waals surface area contributed by atoms with E-state index in [1.165, 1.54) is 0 Å². The van der Waals surface area contributed by atoms with Crippen LogP contribution in [0, 0.1) is 12.3 Å². The number of anilines is 1. The predicted octanol–water partition coefficient (Wildman–Crippen LogP) is 0.454. The van der Waals surface area contributed by atoms with E-state index in [0.29, 0.717) is 5.41 Å². The first kappa shape index (κ1) is 10.5. The quantitative estimate of drug-likeness (QED) is 0.705. The van der Waals surface area contributed by atoms with Gasteiger partial charge in [-0.3, -0.25) is 9.78 Å². The lowest BCUT2D eigenvalue weighted by atomic mass is 9.73. The molecule has 0 aromatic carbocycles. The second kappa shape index (κ2) is 3.42. The Hall–Kier alpha value is -1.65. The van der Waals surface area contributed by atoms with Gasteiger partial charge in [0, 0.05) is 44.7 Å². The molecule has 0 unspecified atom stereocenters. The van der Waals surface area contributed by atoms with E-state index in [-0.39, 0.29) is 5.91 Å². The number of nitrogens with zero attached hydrogens (tertiary/aromatic N) is 4. The number of hydrogen-bond donors (Lipinski definition) is 0. The van der Waals surface area contributed by atoms with Gasteiger partial charge in [0.05, 0.1) is 11.9 Å². The fourth-order valence-electron chi connectivity index (χ4n) is 2.71. The third-order valence-electron chi connectivity index (χ3n) is 3.62. The number of amides is 1. The molecule has 2 saturated heterocycles. The maximum absolute atomic E-state index is 11.1. The van der Waals surface area contributed by atoms with Crippen LogP contribution in [0.5, 0.6) is 0 Å². The van der Waals surface area contributed by atoms with Crippen LogP contribution in [-0.2, 0) is 4.79 Å². The monoisotopic (exact) mass is 232 g/mol. The highest BCUT2D eigenvalue weighted by Gasteiger charge is 2.52. The van der Waals surface area contributed by atoms with Gasteiger partial charge in [-0.2, -0.15) is 0 Å². The minimum Gasteiger partial charge on any atom is -0.354 e. The molecule has 0 bridgehead atoms. The zero-order valence-electron chi connectivity index (χ0n) is 10.2. The highest BCUT2D eigenvalue weighted by atomic mass is 16.2. The molecule has 5 nitrogen and oxygen atoms in total. The van der Waals surface area contributed by atoms with E-state index in [4.69, 9.17) is 0 Å². The smallest absolute Gasteiger partial charge is 0.219 e. The topological polar surface area (TPSA) is 49.3 Å². The van der Waals surface area contributed by atoms with Crippen LogP contribution >= 0.6 is 0 Å². The lowest BCUT2D eigenvalue weighted by Crippen LogP contribution is -2.73. The Morgan fingerprint density at radius 2 is 2.00 bits per heavy atom. The van der Waals surface area contributed by atoms with Crippen LogP contribution in [0.15, 0.2) is 12.4 Å². The Bertz CT molecular complexity index is 459. The summed E-state index contributed by atoms with van der Waals surface area (Å²) < 4.78 is 0. The third kappa shape index (κ3) is 1.66. The maximum Gasteiger partial charge on any atom is 0.219 e. The van der Waals surface area contributed by atoms with Gasteiger partial charge in [-0.1, -0.05) is 0 Å². The second-order valence-electron chi connectivity index (χ2n) is 5.25. The van der Waals surface area contributed by atoms with E-state index < -0.39 is 0 Å². The van der Waals surface area contributed by atoms with Gasteiger partial charge in [0.25, 0.3) is 0 Å². The first-order valence-corrected chi connectivity index (χ1v) is 5.87. The van der Waals surface area contributed by atoms with Crippen molar-refractivity contribution in [3.05, 3.63) is 18.1 Å². The largest absolute Gasteiger partial charge is 0.354 e. The molecule has 2 aliphatic rings. The van der Waals surface area contributed by atoms with Crippen molar-refractivity contribution in [2.75, 3.05) is 31.1 Å². The Kier molecular flexibility index (Phi) is 2.11. The molecule has 3 rings (SSSR count). The molecule has 1 spiro atoms. The molecule has 5 heteroatoms. The number of aromatic nitrogens is 2. The van der Waals surface area contributed by atoms with E-state index in [1.807, 2.05) is 11.8 Å². The van der Waals surface area contributed by atoms with Gasteiger partial charge in [0.15, 0.2) is 0 Å². The van der Waals surface area contributed by atoms with Gasteiger partial charge < -0.3 is 9.80 Å². The highest BCUT2D eigenvalue weighted by Crippen LogP contribution is 2.41. The van der Waals surface area contributed by atoms with E-state index in [0.717, 1.165) is 37.7 Å². The van der Waals surface area contributed by atoms with Crippen molar-refractivity contribution in [2.24, 2.45) is 5.41 Å². The van der Waals surface area contributed by atoms with Crippen molar-refractivity contribution in [3.63, 3.8) is 0 Å². The van der Waals surface area contributed by atoms with E-state index >= 15 is 0 Å². The number of rotatable bonds is 1. The molecule has 3 heterocycles. The maximum atomic E-state index is 11.1. The minimum absolute atomic E-state index is 0.185. The van der Waals surface area contributed by atoms with Crippen molar-refractivity contribution in [3.8, 4) is 0 Å². The summed E-state index contributed by atoms with van der Waals surface area (Å²) >= 11 is 0. The third-order valence-corrected chi connectivity index (χ3v) is 3.62. The number of hydrogen-bond acceptors (Lipinski definition) is 4. The molecular formula is C12H16N4O. The number of carbonyl (C=O) groups is 1. The van der Waals surface area contributed by atoms with Crippen LogP contribution < -0.4 is 4.90 Å². The fraction of sp³-hybridized carbons (Fsp3) is 0.583. The average Bonchev–Trinajstić information content (AvgIpc) is 2.12. The van der Waals surface area contributed by atoms with Gasteiger partial charge in [0.1, 0.15) is 5.82 Å². The Balaban J connectivity index is 1.61. The molecule has 2 fully saturated rings. The summed E-state index contributed by atoms with van der Waals surface area (Å²) in [4.78, 5) is 23.9. The van der Waals surface area contributed by atoms with Crippen molar-refractivity contribution >= 4 is 11.7 Å². The molecule has 0 aliphatic carbocycles. The molecule has 2 aliphatic heterocycles. The molecule has 17 heavy (non-hydrogen) atoms. The molecular weight excluding hydrogens is 216 g/mol. The number of aryl methyl sites for hydroxylation is 1. The van der Waals surface area contributed by atoms with Crippen molar-refractivity contribution in [2.45, 2.75) is 13.8 Å². The van der Waals surface area contributed by atoms with Crippen LogP contribution in [0.4, 0.5) is 5.82 Å². The number of carbonyl (C=O) groups excluding carboxylic acids is 1. The van der Waals surface area contributed by atoms with Crippen LogP contribution in [0.25, 0.3) is 0 Å². The summed E-state index contributed by atoms with van der Waals surface area (Å²) in [6.07, 6.45) is 3.57. The molecule has 1 amide bonds. The highest BCUT2D eigenvalue weighted by molar-refractivity contribution is 5.74. The standard InChI is InChI=1S/C12H16N4O/c1-9-3-13-4-11(14-9)16-7-12(8-16)5-15(6-12)10(2)17/h3-4H,5-8H2,1-2H3. The van der Waals surface area contributed by atoms with Gasteiger partial charge in [-0.05, 0) is 6.92 Å². The minimum atomic E-state index is 0.185. The second-order valence-corrected chi connectivity index (χ2v) is 5.25. The van der Waals surface area contributed by atoms with Crippen molar-refractivity contribution < 1.29 is 4.79 Å². The Labute approximate surface area is 100 Å². The normalized spacial score (nSPS) is 21.1.